The van der Waals surface area contributed by atoms with Crippen LogP contribution in [0.3, 0.4) is 0 Å². The lowest BCUT2D eigenvalue weighted by atomic mass is 9.72. The van der Waals surface area contributed by atoms with Crippen molar-refractivity contribution in [3.8, 4) is 0 Å². The zero-order valence-electron chi connectivity index (χ0n) is 14.5. The van der Waals surface area contributed by atoms with Crippen LogP contribution in [0, 0.1) is 0 Å². The average molecular weight is 336 g/mol. The van der Waals surface area contributed by atoms with Gasteiger partial charge in [-0.2, -0.15) is 0 Å². The molecule has 26 heavy (non-hydrogen) atoms. The second-order valence-electron chi connectivity index (χ2n) is 7.51. The number of rotatable bonds is 1. The van der Waals surface area contributed by atoms with Gasteiger partial charge in [0.25, 0.3) is 0 Å². The molecule has 6 rings (SSSR count). The van der Waals surface area contributed by atoms with E-state index in [4.69, 9.17) is 0 Å². The van der Waals surface area contributed by atoms with E-state index in [2.05, 4.69) is 88.9 Å². The Hall–Kier alpha value is -2.84. The largest absolute Gasteiger partial charge is 0.361 e. The summed E-state index contributed by atoms with van der Waals surface area (Å²) in [6.45, 7) is 2.04. The Balaban J connectivity index is 1.63. The summed E-state index contributed by atoms with van der Waals surface area (Å²) < 4.78 is 0. The lowest BCUT2D eigenvalue weighted by molar-refractivity contribution is 0.132. The first-order valence-electron chi connectivity index (χ1n) is 9.36. The van der Waals surface area contributed by atoms with E-state index in [1.54, 1.807) is 0 Å². The number of hydrogen-bond acceptors (Lipinski definition) is 1. The van der Waals surface area contributed by atoms with Crippen molar-refractivity contribution in [2.24, 2.45) is 0 Å². The molecule has 1 unspecified atom stereocenters. The maximum absolute atomic E-state index is 3.50. The van der Waals surface area contributed by atoms with Crippen molar-refractivity contribution >= 4 is 10.9 Å². The molecule has 2 heteroatoms. The monoisotopic (exact) mass is 336 g/mol. The molecule has 1 aromatic heterocycles. The van der Waals surface area contributed by atoms with Crippen LogP contribution in [0.1, 0.15) is 39.8 Å². The maximum atomic E-state index is 3.50. The van der Waals surface area contributed by atoms with E-state index in [-0.39, 0.29) is 0 Å². The van der Waals surface area contributed by atoms with Gasteiger partial charge in [0, 0.05) is 42.1 Å². The number of fused-ring (bicyclic) bond motifs is 7. The third kappa shape index (κ3) is 1.91. The Morgan fingerprint density at radius 3 is 2.04 bits per heavy atom. The fourth-order valence-electron chi connectivity index (χ4n) is 5.09. The summed E-state index contributed by atoms with van der Waals surface area (Å²) in [5.41, 5.74) is 8.59. The molecule has 0 fully saturated rings. The highest BCUT2D eigenvalue weighted by atomic mass is 15.2. The first-order valence-corrected chi connectivity index (χ1v) is 9.36. The molecule has 2 aliphatic rings. The van der Waals surface area contributed by atoms with Gasteiger partial charge < -0.3 is 4.98 Å². The number of aromatic nitrogens is 1. The normalized spacial score (nSPS) is 23.5. The number of hydrogen-bond donors (Lipinski definition) is 1. The quantitative estimate of drug-likeness (QED) is 0.495. The summed E-state index contributed by atoms with van der Waals surface area (Å²) in [6.07, 6.45) is 2.23. The maximum Gasteiger partial charge on any atom is 0.0485 e. The Kier molecular flexibility index (Phi) is 2.94. The summed E-state index contributed by atoms with van der Waals surface area (Å²) in [7, 11) is 0. The van der Waals surface area contributed by atoms with Crippen molar-refractivity contribution in [3.05, 3.63) is 107 Å². The van der Waals surface area contributed by atoms with E-state index in [9.17, 15) is 0 Å². The number of H-pyrrole nitrogens is 1. The van der Waals surface area contributed by atoms with Crippen LogP contribution in [-0.4, -0.2) is 9.88 Å². The molecule has 2 bridgehead atoms. The minimum Gasteiger partial charge on any atom is -0.361 e. The lowest BCUT2D eigenvalue weighted by Crippen LogP contribution is -2.41. The Morgan fingerprint density at radius 1 is 0.692 bits per heavy atom. The first-order chi connectivity index (χ1) is 12.9. The topological polar surface area (TPSA) is 19.0 Å². The summed E-state index contributed by atoms with van der Waals surface area (Å²) in [5, 5.41) is 1.35. The van der Waals surface area contributed by atoms with Gasteiger partial charge >= 0.3 is 0 Å². The molecule has 2 nitrogen and oxygen atoms in total. The Bertz CT molecular complexity index is 1070. The molecular formula is C24H20N2. The molecule has 0 spiro atoms. The predicted octanol–water partition coefficient (Wildman–Crippen LogP) is 5.37. The van der Waals surface area contributed by atoms with Crippen LogP contribution in [0.5, 0.6) is 0 Å². The SMILES string of the molecule is c1ccc2c(c1)CN1Cc3ccccc3C2C1c1c[nH]c2ccccc12. The van der Waals surface area contributed by atoms with Gasteiger partial charge in [-0.3, -0.25) is 4.90 Å². The van der Waals surface area contributed by atoms with Crippen LogP contribution in [0.2, 0.25) is 0 Å². The van der Waals surface area contributed by atoms with Crippen LogP contribution < -0.4 is 0 Å². The molecular weight excluding hydrogens is 316 g/mol. The summed E-state index contributed by atoms with van der Waals surface area (Å²) in [6, 6.07) is 27.1. The zero-order valence-corrected chi connectivity index (χ0v) is 14.5. The van der Waals surface area contributed by atoms with Crippen LogP contribution in [0.4, 0.5) is 0 Å². The number of nitrogens with one attached hydrogen (secondary N) is 1. The molecule has 0 aliphatic carbocycles. The molecule has 2 aliphatic heterocycles. The van der Waals surface area contributed by atoms with E-state index in [1.165, 1.54) is 38.7 Å². The smallest absolute Gasteiger partial charge is 0.0485 e. The highest BCUT2D eigenvalue weighted by Crippen LogP contribution is 2.51. The van der Waals surface area contributed by atoms with Gasteiger partial charge in [-0.25, -0.2) is 0 Å². The van der Waals surface area contributed by atoms with Crippen molar-refractivity contribution in [2.45, 2.75) is 25.0 Å². The molecule has 3 heterocycles. The second-order valence-corrected chi connectivity index (χ2v) is 7.51. The molecule has 1 N–H and O–H groups in total. The molecule has 0 radical (unpaired) electrons. The summed E-state index contributed by atoms with van der Waals surface area (Å²) in [4.78, 5) is 6.15. The number of nitrogens with zero attached hydrogens (tertiary/aromatic N) is 1. The number of benzene rings is 3. The average Bonchev–Trinajstić information content (AvgIpc) is 3.11. The van der Waals surface area contributed by atoms with Crippen LogP contribution in [0.15, 0.2) is 79.0 Å². The minimum atomic E-state index is 0.385. The number of para-hydroxylation sites is 1. The standard InChI is InChI=1S/C24H20N2/c1-3-9-18-16(7-1)14-26-15-17-8-2-4-10-19(17)23(18)24(26)21-13-25-22-12-6-5-11-20(21)22/h1-13,23-25H,14-15H2. The third-order valence-electron chi connectivity index (χ3n) is 6.18. The van der Waals surface area contributed by atoms with Crippen LogP contribution >= 0.6 is 0 Å². The van der Waals surface area contributed by atoms with Crippen LogP contribution in [-0.2, 0) is 13.1 Å². The molecule has 0 saturated heterocycles. The van der Waals surface area contributed by atoms with E-state index in [0.29, 0.717) is 12.0 Å². The van der Waals surface area contributed by atoms with Crippen molar-refractivity contribution in [1.29, 1.82) is 0 Å². The molecule has 3 aromatic carbocycles. The van der Waals surface area contributed by atoms with E-state index in [0.717, 1.165) is 13.1 Å². The second kappa shape index (κ2) is 5.33. The van der Waals surface area contributed by atoms with Gasteiger partial charge in [0.15, 0.2) is 0 Å². The first kappa shape index (κ1) is 14.3. The van der Waals surface area contributed by atoms with Crippen molar-refractivity contribution < 1.29 is 0 Å². The molecule has 0 saturated carbocycles. The van der Waals surface area contributed by atoms with Crippen molar-refractivity contribution in [3.63, 3.8) is 0 Å². The van der Waals surface area contributed by atoms with Crippen molar-refractivity contribution in [2.75, 3.05) is 0 Å². The highest BCUT2D eigenvalue weighted by molar-refractivity contribution is 5.84. The molecule has 4 aromatic rings. The Morgan fingerprint density at radius 2 is 1.31 bits per heavy atom. The highest BCUT2D eigenvalue weighted by Gasteiger charge is 2.42. The van der Waals surface area contributed by atoms with Gasteiger partial charge in [-0.05, 0) is 33.9 Å². The molecule has 0 amide bonds. The van der Waals surface area contributed by atoms with Crippen molar-refractivity contribution in [1.82, 2.24) is 9.88 Å². The fraction of sp³-hybridized carbons (Fsp3) is 0.167. The van der Waals surface area contributed by atoms with Gasteiger partial charge in [0.2, 0.25) is 0 Å². The molecule has 126 valence electrons. The van der Waals surface area contributed by atoms with Crippen LogP contribution in [0.25, 0.3) is 10.9 Å². The fourth-order valence-corrected chi connectivity index (χ4v) is 5.09. The van der Waals surface area contributed by atoms with Gasteiger partial charge in [0.1, 0.15) is 0 Å². The van der Waals surface area contributed by atoms with E-state index in [1.807, 2.05) is 0 Å². The number of aromatic amines is 1. The van der Waals surface area contributed by atoms with Gasteiger partial charge in [-0.1, -0.05) is 66.7 Å². The molecule has 1 atom stereocenters. The predicted molar refractivity (Wildman–Crippen MR) is 105 cm³/mol. The lowest BCUT2D eigenvalue weighted by Gasteiger charge is -2.47. The third-order valence-corrected chi connectivity index (χ3v) is 6.18. The zero-order chi connectivity index (χ0) is 17.1. The Labute approximate surface area is 153 Å². The van der Waals surface area contributed by atoms with Gasteiger partial charge in [0.05, 0.1) is 0 Å². The summed E-state index contributed by atoms with van der Waals surface area (Å²) in [5.74, 6) is 0.393. The minimum absolute atomic E-state index is 0.385. The van der Waals surface area contributed by atoms with E-state index < -0.39 is 0 Å². The van der Waals surface area contributed by atoms with E-state index >= 15 is 0 Å². The van der Waals surface area contributed by atoms with Gasteiger partial charge in [-0.15, -0.1) is 0 Å². The summed E-state index contributed by atoms with van der Waals surface area (Å²) >= 11 is 0.